The van der Waals surface area contributed by atoms with Crippen LogP contribution in [-0.4, -0.2) is 25.9 Å². The lowest BCUT2D eigenvalue weighted by molar-refractivity contribution is -0.410. The monoisotopic (exact) mass is 474 g/mol. The van der Waals surface area contributed by atoms with E-state index in [1.807, 2.05) is 32.0 Å². The summed E-state index contributed by atoms with van der Waals surface area (Å²) in [7, 11) is 3.02. The number of carbonyl (C=O) groups is 1. The van der Waals surface area contributed by atoms with Crippen LogP contribution in [-0.2, 0) is 4.79 Å². The van der Waals surface area contributed by atoms with Crippen molar-refractivity contribution in [2.24, 2.45) is 0 Å². The number of methoxy groups -OCH3 is 2. The Morgan fingerprint density at radius 1 is 1.06 bits per heavy atom. The molecule has 0 aliphatic rings. The molecule has 4 N–H and O–H groups in total. The Balaban J connectivity index is 1.97. The number of H-pyrrole nitrogens is 1. The number of pyridine rings is 1. The van der Waals surface area contributed by atoms with Crippen LogP contribution in [0.2, 0.25) is 0 Å². The van der Waals surface area contributed by atoms with Crippen molar-refractivity contribution >= 4 is 29.2 Å². The molecule has 8 nitrogen and oxygen atoms in total. The van der Waals surface area contributed by atoms with Gasteiger partial charge in [-0.15, -0.1) is 0 Å². The molecule has 0 aliphatic heterocycles. The van der Waals surface area contributed by atoms with Gasteiger partial charge in [-0.05, 0) is 43.2 Å². The van der Waals surface area contributed by atoms with Crippen molar-refractivity contribution in [3.8, 4) is 34.8 Å². The summed E-state index contributed by atoms with van der Waals surface area (Å²) in [6, 6.07) is 15.1. The highest BCUT2D eigenvalue weighted by Gasteiger charge is 2.25. The summed E-state index contributed by atoms with van der Waals surface area (Å²) in [6.45, 7) is 3.91. The lowest BCUT2D eigenvalue weighted by Crippen LogP contribution is -2.21. The number of hydrogen-bond donors (Lipinski definition) is 2. The molecule has 0 spiro atoms. The van der Waals surface area contributed by atoms with Crippen molar-refractivity contribution in [2.45, 2.75) is 18.9 Å². The number of nitriles is 2. The zero-order valence-electron chi connectivity index (χ0n) is 19.3. The molecular formula is C25H24N5O3S+. The Bertz CT molecular complexity index is 1340. The number of carbonyl (C=O) groups excluding carboxylic acids is 1. The number of aromatic amines is 1. The lowest BCUT2D eigenvalue weighted by Gasteiger charge is -2.13. The van der Waals surface area contributed by atoms with Crippen LogP contribution in [0.1, 0.15) is 22.3 Å². The Morgan fingerprint density at radius 2 is 1.76 bits per heavy atom. The molecule has 0 saturated carbocycles. The van der Waals surface area contributed by atoms with Gasteiger partial charge >= 0.3 is 0 Å². The minimum Gasteiger partial charge on any atom is -0.493 e. The second kappa shape index (κ2) is 10.6. The van der Waals surface area contributed by atoms with Gasteiger partial charge in [0.1, 0.15) is 23.3 Å². The standard InChI is InChI=1S/C25H23N5O3S/c1-14-5-7-19(15(2)9-14)29-22(31)13-34-25-18(12-27)23(17(11-26)24(28)30-25)16-6-8-20(32-3)21(10-16)33-4/h5-10H,13H2,1-4H3,(H2,28,30)(H,29,31)/p+1. The number of nitrogen functional groups attached to an aromatic ring is 1. The second-order valence-electron chi connectivity index (χ2n) is 7.44. The van der Waals surface area contributed by atoms with Gasteiger partial charge in [0.25, 0.3) is 5.82 Å². The van der Waals surface area contributed by atoms with E-state index in [1.165, 1.54) is 14.2 Å². The molecule has 0 bridgehead atoms. The molecule has 0 saturated heterocycles. The summed E-state index contributed by atoms with van der Waals surface area (Å²) in [5, 5.41) is 23.0. The van der Waals surface area contributed by atoms with Crippen molar-refractivity contribution in [2.75, 3.05) is 31.0 Å². The Labute approximate surface area is 202 Å². The van der Waals surface area contributed by atoms with E-state index in [-0.39, 0.29) is 28.6 Å². The van der Waals surface area contributed by atoms with Crippen molar-refractivity contribution in [1.82, 2.24) is 0 Å². The summed E-state index contributed by atoms with van der Waals surface area (Å²) in [5.74, 6) is 0.862. The third-order valence-electron chi connectivity index (χ3n) is 5.14. The predicted octanol–water partition coefficient (Wildman–Crippen LogP) is 3.86. The van der Waals surface area contributed by atoms with Crippen molar-refractivity contribution in [3.05, 3.63) is 58.7 Å². The number of aryl methyl sites for hydroxylation is 2. The fraction of sp³-hybridized carbons (Fsp3) is 0.200. The van der Waals surface area contributed by atoms with E-state index < -0.39 is 0 Å². The maximum absolute atomic E-state index is 12.6. The second-order valence-corrected chi connectivity index (χ2v) is 8.43. The number of nitrogens with zero attached hydrogens (tertiary/aromatic N) is 2. The number of aromatic nitrogens is 1. The first-order chi connectivity index (χ1) is 16.3. The predicted molar refractivity (Wildman–Crippen MR) is 131 cm³/mol. The topological polar surface area (TPSA) is 135 Å². The fourth-order valence-electron chi connectivity index (χ4n) is 3.51. The molecule has 0 aliphatic carbocycles. The van der Waals surface area contributed by atoms with E-state index in [9.17, 15) is 15.3 Å². The van der Waals surface area contributed by atoms with Crippen LogP contribution in [0, 0.1) is 36.5 Å². The third-order valence-corrected chi connectivity index (χ3v) is 6.15. The molecule has 0 radical (unpaired) electrons. The minimum atomic E-state index is -0.232. The number of benzene rings is 2. The zero-order valence-corrected chi connectivity index (χ0v) is 20.1. The lowest BCUT2D eigenvalue weighted by atomic mass is 9.96. The van der Waals surface area contributed by atoms with E-state index in [0.717, 1.165) is 28.6 Å². The number of ether oxygens (including phenoxy) is 2. The summed E-state index contributed by atoms with van der Waals surface area (Å²) >= 11 is 1.13. The summed E-state index contributed by atoms with van der Waals surface area (Å²) in [4.78, 5) is 15.5. The molecule has 1 heterocycles. The zero-order chi connectivity index (χ0) is 24.8. The van der Waals surface area contributed by atoms with Crippen molar-refractivity contribution < 1.29 is 19.3 Å². The molecule has 172 valence electrons. The van der Waals surface area contributed by atoms with Crippen molar-refractivity contribution in [1.29, 1.82) is 10.5 Å². The van der Waals surface area contributed by atoms with Crippen LogP contribution in [0.25, 0.3) is 11.1 Å². The highest BCUT2D eigenvalue weighted by molar-refractivity contribution is 7.99. The van der Waals surface area contributed by atoms with Crippen LogP contribution in [0.4, 0.5) is 11.5 Å². The molecular weight excluding hydrogens is 450 g/mol. The third kappa shape index (κ3) is 5.06. The maximum Gasteiger partial charge on any atom is 0.289 e. The first-order valence-electron chi connectivity index (χ1n) is 10.2. The van der Waals surface area contributed by atoms with E-state index in [2.05, 4.69) is 22.4 Å². The number of rotatable bonds is 7. The van der Waals surface area contributed by atoms with Crippen LogP contribution < -0.4 is 25.5 Å². The quantitative estimate of drug-likeness (QED) is 0.496. The van der Waals surface area contributed by atoms with E-state index in [1.54, 1.807) is 18.2 Å². The Hall–Kier alpha value is -4.21. The molecule has 9 heteroatoms. The molecule has 34 heavy (non-hydrogen) atoms. The number of anilines is 2. The molecule has 3 rings (SSSR count). The average molecular weight is 475 g/mol. The van der Waals surface area contributed by atoms with Gasteiger partial charge in [0, 0.05) is 11.3 Å². The first kappa shape index (κ1) is 24.4. The van der Waals surface area contributed by atoms with Gasteiger partial charge in [0.15, 0.2) is 16.5 Å². The van der Waals surface area contributed by atoms with Crippen LogP contribution >= 0.6 is 11.8 Å². The normalized spacial score (nSPS) is 10.2. The van der Waals surface area contributed by atoms with Gasteiger partial charge in [-0.1, -0.05) is 35.5 Å². The van der Waals surface area contributed by atoms with E-state index in [0.29, 0.717) is 27.7 Å². The maximum atomic E-state index is 12.6. The van der Waals surface area contributed by atoms with Gasteiger partial charge in [0.05, 0.1) is 20.0 Å². The number of amides is 1. The van der Waals surface area contributed by atoms with E-state index in [4.69, 9.17) is 15.2 Å². The fourth-order valence-corrected chi connectivity index (χ4v) is 4.33. The van der Waals surface area contributed by atoms with Gasteiger partial charge in [0.2, 0.25) is 5.91 Å². The first-order valence-corrected chi connectivity index (χ1v) is 11.2. The summed E-state index contributed by atoms with van der Waals surface area (Å²) < 4.78 is 10.7. The number of nitrogens with two attached hydrogens (primary N) is 1. The van der Waals surface area contributed by atoms with Gasteiger partial charge in [-0.25, -0.2) is 4.98 Å². The highest BCUT2D eigenvalue weighted by Crippen LogP contribution is 2.38. The van der Waals surface area contributed by atoms with Gasteiger partial charge < -0.3 is 14.8 Å². The Kier molecular flexibility index (Phi) is 7.62. The smallest absolute Gasteiger partial charge is 0.289 e. The summed E-state index contributed by atoms with van der Waals surface area (Å²) in [5.41, 5.74) is 10.2. The van der Waals surface area contributed by atoms with E-state index >= 15 is 0 Å². The van der Waals surface area contributed by atoms with Crippen molar-refractivity contribution in [3.63, 3.8) is 0 Å². The van der Waals surface area contributed by atoms with Crippen LogP contribution in [0.3, 0.4) is 0 Å². The number of nitrogens with one attached hydrogen (secondary N) is 2. The van der Waals surface area contributed by atoms with Gasteiger partial charge in [-0.2, -0.15) is 10.5 Å². The highest BCUT2D eigenvalue weighted by atomic mass is 32.2. The molecule has 3 aromatic rings. The summed E-state index contributed by atoms with van der Waals surface area (Å²) in [6.07, 6.45) is 0. The molecule has 1 aromatic heterocycles. The number of hydrogen-bond acceptors (Lipinski definition) is 7. The number of thioether (sulfide) groups is 1. The SMILES string of the molecule is COc1ccc(-c2c(C#N)c(N)[nH+]c(SCC(=O)Nc3ccc(C)cc3C)c2C#N)cc1OC. The average Bonchev–Trinajstić information content (AvgIpc) is 2.83. The largest absolute Gasteiger partial charge is 0.493 e. The molecule has 0 fully saturated rings. The molecule has 0 atom stereocenters. The molecule has 2 aromatic carbocycles. The van der Waals surface area contributed by atoms with Crippen LogP contribution in [0.15, 0.2) is 41.4 Å². The Morgan fingerprint density at radius 3 is 2.38 bits per heavy atom. The molecule has 1 amide bonds. The molecule has 0 unspecified atom stereocenters. The van der Waals surface area contributed by atoms with Crippen LogP contribution in [0.5, 0.6) is 11.5 Å². The minimum absolute atomic E-state index is 0.0369. The van der Waals surface area contributed by atoms with Gasteiger partial charge in [-0.3, -0.25) is 10.5 Å².